The fraction of sp³-hybridized carbons (Fsp3) is 0.500. The van der Waals surface area contributed by atoms with E-state index in [0.717, 1.165) is 34.3 Å². The van der Waals surface area contributed by atoms with Crippen LogP contribution in [-0.4, -0.2) is 19.1 Å². The summed E-state index contributed by atoms with van der Waals surface area (Å²) in [6, 6.07) is 3.62. The molecule has 1 aromatic carbocycles. The van der Waals surface area contributed by atoms with E-state index in [9.17, 15) is 4.79 Å². The number of carbonyl (C=O) groups excluding carboxylic acids is 1. The number of hydrogen-bond donors (Lipinski definition) is 2. The molecule has 102 valence electrons. The van der Waals surface area contributed by atoms with Gasteiger partial charge in [-0.05, 0) is 54.7 Å². The van der Waals surface area contributed by atoms with Gasteiger partial charge in [0.2, 0.25) is 5.91 Å². The van der Waals surface area contributed by atoms with Gasteiger partial charge in [0.05, 0.1) is 10.6 Å². The molecule has 1 atom stereocenters. The highest BCUT2D eigenvalue weighted by Gasteiger charge is 2.30. The Bertz CT molecular complexity index is 512. The normalized spacial score (nSPS) is 22.4. The lowest BCUT2D eigenvalue weighted by Gasteiger charge is -2.16. The molecule has 1 amide bonds. The number of rotatable bonds is 3. The monoisotopic (exact) mass is 324 g/mol. The fourth-order valence-electron chi connectivity index (χ4n) is 2.82. The first-order valence-electron chi connectivity index (χ1n) is 6.67. The van der Waals surface area contributed by atoms with E-state index >= 15 is 0 Å². The number of carbonyl (C=O) groups is 1. The van der Waals surface area contributed by atoms with Gasteiger partial charge in [-0.25, -0.2) is 0 Å². The lowest BCUT2D eigenvalue weighted by atomic mass is 10.1. The molecule has 0 saturated heterocycles. The van der Waals surface area contributed by atoms with E-state index < -0.39 is 0 Å². The Hall–Kier alpha value is -1.07. The molecule has 3 rings (SSSR count). The molecule has 1 heterocycles. The van der Waals surface area contributed by atoms with Crippen molar-refractivity contribution in [2.45, 2.75) is 37.8 Å². The maximum Gasteiger partial charge on any atom is 0.246 e. The van der Waals surface area contributed by atoms with Gasteiger partial charge in [-0.3, -0.25) is 4.79 Å². The first kappa shape index (κ1) is 12.9. The number of anilines is 1. The van der Waals surface area contributed by atoms with Crippen molar-refractivity contribution in [2.75, 3.05) is 12.4 Å². The average Bonchev–Trinajstić information content (AvgIpc) is 2.97. The second kappa shape index (κ2) is 5.13. The molecule has 4 nitrogen and oxygen atoms in total. The van der Waals surface area contributed by atoms with Crippen LogP contribution in [-0.2, 0) is 4.79 Å². The molecule has 0 radical (unpaired) electrons. The lowest BCUT2D eigenvalue weighted by molar-refractivity contribution is -0.117. The highest BCUT2D eigenvalue weighted by molar-refractivity contribution is 9.10. The summed E-state index contributed by atoms with van der Waals surface area (Å²) in [5.41, 5.74) is 1.82. The molecule has 1 unspecified atom stereocenters. The summed E-state index contributed by atoms with van der Waals surface area (Å²) in [6.07, 6.45) is 5.04. The van der Waals surface area contributed by atoms with Gasteiger partial charge in [-0.15, -0.1) is 0 Å². The minimum atomic E-state index is -0.271. The molecular formula is C14H17BrN2O2. The van der Waals surface area contributed by atoms with E-state index in [4.69, 9.17) is 4.74 Å². The van der Waals surface area contributed by atoms with Crippen LogP contribution in [0.1, 0.15) is 37.3 Å². The number of amides is 1. The molecule has 1 aliphatic carbocycles. The zero-order valence-corrected chi connectivity index (χ0v) is 12.4. The number of benzene rings is 1. The molecule has 1 aliphatic heterocycles. The second-order valence-corrected chi connectivity index (χ2v) is 5.96. The SMILES string of the molecule is CNC1C(=O)Nc2cc(OC3CCCC3)c(Br)cc21. The van der Waals surface area contributed by atoms with Crippen molar-refractivity contribution >= 4 is 27.5 Å². The van der Waals surface area contributed by atoms with Crippen molar-refractivity contribution in [3.63, 3.8) is 0 Å². The van der Waals surface area contributed by atoms with E-state index in [1.807, 2.05) is 12.1 Å². The topological polar surface area (TPSA) is 50.4 Å². The van der Waals surface area contributed by atoms with Crippen LogP contribution in [0.3, 0.4) is 0 Å². The molecule has 0 spiro atoms. The predicted octanol–water partition coefficient (Wildman–Crippen LogP) is 2.98. The summed E-state index contributed by atoms with van der Waals surface area (Å²) < 4.78 is 6.93. The van der Waals surface area contributed by atoms with Crippen LogP contribution in [0, 0.1) is 0 Å². The van der Waals surface area contributed by atoms with Crippen LogP contribution in [0.5, 0.6) is 5.75 Å². The molecule has 19 heavy (non-hydrogen) atoms. The molecule has 5 heteroatoms. The lowest BCUT2D eigenvalue weighted by Crippen LogP contribution is -2.23. The van der Waals surface area contributed by atoms with Gasteiger partial charge in [-0.1, -0.05) is 0 Å². The zero-order chi connectivity index (χ0) is 13.4. The average molecular weight is 325 g/mol. The first-order chi connectivity index (χ1) is 9.19. The van der Waals surface area contributed by atoms with E-state index in [1.54, 1.807) is 7.05 Å². The number of hydrogen-bond acceptors (Lipinski definition) is 3. The van der Waals surface area contributed by atoms with Gasteiger partial charge in [0.1, 0.15) is 11.8 Å². The number of likely N-dealkylation sites (N-methyl/N-ethyl adjacent to an activating group) is 1. The molecule has 1 aromatic rings. The Kier molecular flexibility index (Phi) is 3.50. The zero-order valence-electron chi connectivity index (χ0n) is 10.8. The molecular weight excluding hydrogens is 308 g/mol. The molecule has 0 aromatic heterocycles. The summed E-state index contributed by atoms with van der Waals surface area (Å²) in [5.74, 6) is 0.810. The summed E-state index contributed by atoms with van der Waals surface area (Å²) in [5, 5.41) is 5.90. The predicted molar refractivity (Wildman–Crippen MR) is 77.5 cm³/mol. The van der Waals surface area contributed by atoms with E-state index in [0.29, 0.717) is 6.10 Å². The Balaban J connectivity index is 1.88. The van der Waals surface area contributed by atoms with Crippen LogP contribution < -0.4 is 15.4 Å². The van der Waals surface area contributed by atoms with Crippen LogP contribution >= 0.6 is 15.9 Å². The quantitative estimate of drug-likeness (QED) is 0.898. The summed E-state index contributed by atoms with van der Waals surface area (Å²) in [4.78, 5) is 11.8. The van der Waals surface area contributed by atoms with Crippen molar-refractivity contribution < 1.29 is 9.53 Å². The third-order valence-corrected chi connectivity index (χ3v) is 4.44. The van der Waals surface area contributed by atoms with Crippen LogP contribution in [0.25, 0.3) is 0 Å². The van der Waals surface area contributed by atoms with Gasteiger partial charge in [0.15, 0.2) is 0 Å². The Morgan fingerprint density at radius 1 is 1.37 bits per heavy atom. The third-order valence-electron chi connectivity index (χ3n) is 3.82. The Morgan fingerprint density at radius 3 is 2.79 bits per heavy atom. The first-order valence-corrected chi connectivity index (χ1v) is 7.46. The van der Waals surface area contributed by atoms with Gasteiger partial charge in [0.25, 0.3) is 0 Å². The van der Waals surface area contributed by atoms with Crippen molar-refractivity contribution in [3.8, 4) is 5.75 Å². The van der Waals surface area contributed by atoms with Crippen LogP contribution in [0.15, 0.2) is 16.6 Å². The summed E-state index contributed by atoms with van der Waals surface area (Å²) in [6.45, 7) is 0. The molecule has 0 bridgehead atoms. The number of fused-ring (bicyclic) bond motifs is 1. The Morgan fingerprint density at radius 2 is 2.11 bits per heavy atom. The largest absolute Gasteiger partial charge is 0.489 e. The van der Waals surface area contributed by atoms with Gasteiger partial charge in [0, 0.05) is 17.3 Å². The Labute approximate surface area is 121 Å². The van der Waals surface area contributed by atoms with Crippen molar-refractivity contribution in [1.82, 2.24) is 5.32 Å². The highest BCUT2D eigenvalue weighted by Crippen LogP contribution is 2.39. The highest BCUT2D eigenvalue weighted by atomic mass is 79.9. The standard InChI is InChI=1S/C14H17BrN2O2/c1-16-13-9-6-10(15)12(7-11(9)17-14(13)18)19-8-4-2-3-5-8/h6-8,13,16H,2-5H2,1H3,(H,17,18). The number of halogens is 1. The minimum Gasteiger partial charge on any atom is -0.489 e. The summed E-state index contributed by atoms with van der Waals surface area (Å²) in [7, 11) is 1.79. The second-order valence-electron chi connectivity index (χ2n) is 5.11. The molecule has 2 aliphatic rings. The summed E-state index contributed by atoms with van der Waals surface area (Å²) >= 11 is 3.54. The van der Waals surface area contributed by atoms with E-state index in [-0.39, 0.29) is 11.9 Å². The number of ether oxygens (including phenoxy) is 1. The maximum absolute atomic E-state index is 11.8. The molecule has 1 fully saturated rings. The maximum atomic E-state index is 11.8. The van der Waals surface area contributed by atoms with Gasteiger partial charge < -0.3 is 15.4 Å². The fourth-order valence-corrected chi connectivity index (χ4v) is 3.28. The van der Waals surface area contributed by atoms with Gasteiger partial charge in [-0.2, -0.15) is 0 Å². The smallest absolute Gasteiger partial charge is 0.246 e. The third kappa shape index (κ3) is 2.37. The van der Waals surface area contributed by atoms with Gasteiger partial charge >= 0.3 is 0 Å². The molecule has 1 saturated carbocycles. The van der Waals surface area contributed by atoms with E-state index in [2.05, 4.69) is 26.6 Å². The number of nitrogens with one attached hydrogen (secondary N) is 2. The molecule has 2 N–H and O–H groups in total. The van der Waals surface area contributed by atoms with Crippen molar-refractivity contribution in [2.24, 2.45) is 0 Å². The van der Waals surface area contributed by atoms with Crippen molar-refractivity contribution in [1.29, 1.82) is 0 Å². The van der Waals surface area contributed by atoms with Crippen LogP contribution in [0.2, 0.25) is 0 Å². The van der Waals surface area contributed by atoms with Crippen LogP contribution in [0.4, 0.5) is 5.69 Å². The minimum absolute atomic E-state index is 0.0117. The van der Waals surface area contributed by atoms with Crippen molar-refractivity contribution in [3.05, 3.63) is 22.2 Å². The van der Waals surface area contributed by atoms with E-state index in [1.165, 1.54) is 12.8 Å².